The maximum atomic E-state index is 13.3. The van der Waals surface area contributed by atoms with Crippen LogP contribution in [0.3, 0.4) is 0 Å². The van der Waals surface area contributed by atoms with Gasteiger partial charge in [-0.15, -0.1) is 0 Å². The maximum absolute atomic E-state index is 13.3. The lowest BCUT2D eigenvalue weighted by molar-refractivity contribution is -0.115. The van der Waals surface area contributed by atoms with Crippen molar-refractivity contribution in [2.24, 2.45) is 0 Å². The van der Waals surface area contributed by atoms with Crippen molar-refractivity contribution in [2.75, 3.05) is 11.9 Å². The average molecular weight is 614 g/mol. The highest BCUT2D eigenvalue weighted by atomic mass is 32.2. The number of pyridine rings is 1. The SMILES string of the molecule is CCOc1cc(-c2cc(-c3ccccc3)nc(S[C@@H](C)C(=O)Nc3ccc(C)c(C)c3)c2C#N)ccc1OCc1ccccc1. The van der Waals surface area contributed by atoms with E-state index < -0.39 is 5.25 Å². The summed E-state index contributed by atoms with van der Waals surface area (Å²) in [6.45, 7) is 8.66. The molecule has 5 aromatic rings. The summed E-state index contributed by atoms with van der Waals surface area (Å²) < 4.78 is 12.1. The molecule has 0 spiro atoms. The zero-order valence-electron chi connectivity index (χ0n) is 25.8. The number of rotatable bonds is 11. The van der Waals surface area contributed by atoms with Crippen LogP contribution in [-0.2, 0) is 11.4 Å². The monoisotopic (exact) mass is 613 g/mol. The molecular weight excluding hydrogens is 579 g/mol. The topological polar surface area (TPSA) is 84.2 Å². The van der Waals surface area contributed by atoms with Crippen molar-refractivity contribution in [3.05, 3.63) is 125 Å². The Bertz CT molecular complexity index is 1840. The molecule has 1 N–H and O–H groups in total. The van der Waals surface area contributed by atoms with E-state index in [4.69, 9.17) is 14.5 Å². The molecule has 6 nitrogen and oxygen atoms in total. The van der Waals surface area contributed by atoms with E-state index in [9.17, 15) is 10.1 Å². The smallest absolute Gasteiger partial charge is 0.237 e. The number of thioether (sulfide) groups is 1. The molecule has 0 bridgehead atoms. The van der Waals surface area contributed by atoms with Crippen LogP contribution in [0.2, 0.25) is 0 Å². The molecule has 0 aliphatic heterocycles. The minimum absolute atomic E-state index is 0.167. The molecule has 0 aliphatic carbocycles. The third-order valence-electron chi connectivity index (χ3n) is 7.39. The minimum Gasteiger partial charge on any atom is -0.490 e. The van der Waals surface area contributed by atoms with Gasteiger partial charge in [0, 0.05) is 16.8 Å². The summed E-state index contributed by atoms with van der Waals surface area (Å²) in [6, 6.07) is 35.6. The molecule has 0 unspecified atom stereocenters. The number of benzene rings is 4. The molecule has 1 atom stereocenters. The Morgan fingerprint density at radius 2 is 1.60 bits per heavy atom. The summed E-state index contributed by atoms with van der Waals surface area (Å²) in [5.74, 6) is 1.04. The van der Waals surface area contributed by atoms with Crippen LogP contribution in [-0.4, -0.2) is 22.7 Å². The van der Waals surface area contributed by atoms with Gasteiger partial charge in [-0.2, -0.15) is 5.26 Å². The largest absolute Gasteiger partial charge is 0.490 e. The van der Waals surface area contributed by atoms with Crippen LogP contribution in [0, 0.1) is 25.2 Å². The second-order valence-electron chi connectivity index (χ2n) is 10.6. The maximum Gasteiger partial charge on any atom is 0.237 e. The van der Waals surface area contributed by atoms with Gasteiger partial charge in [-0.1, -0.05) is 84.6 Å². The van der Waals surface area contributed by atoms with E-state index in [-0.39, 0.29) is 5.91 Å². The predicted octanol–water partition coefficient (Wildman–Crippen LogP) is 9.00. The lowest BCUT2D eigenvalue weighted by Crippen LogP contribution is -2.22. The van der Waals surface area contributed by atoms with Gasteiger partial charge in [-0.25, -0.2) is 4.98 Å². The quantitative estimate of drug-likeness (QED) is 0.150. The Kier molecular flexibility index (Phi) is 10.2. The Morgan fingerprint density at radius 1 is 0.867 bits per heavy atom. The summed E-state index contributed by atoms with van der Waals surface area (Å²) in [4.78, 5) is 18.2. The first-order chi connectivity index (χ1) is 21.9. The number of amides is 1. The van der Waals surface area contributed by atoms with E-state index in [1.165, 1.54) is 11.8 Å². The van der Waals surface area contributed by atoms with Gasteiger partial charge in [-0.05, 0) is 80.3 Å². The zero-order chi connectivity index (χ0) is 31.8. The third-order valence-corrected chi connectivity index (χ3v) is 8.48. The molecule has 0 fully saturated rings. The third kappa shape index (κ3) is 7.72. The van der Waals surface area contributed by atoms with Gasteiger partial charge in [0.2, 0.25) is 5.91 Å². The number of nitrogens with one attached hydrogen (secondary N) is 1. The number of hydrogen-bond donors (Lipinski definition) is 1. The number of anilines is 1. The van der Waals surface area contributed by atoms with Crippen LogP contribution in [0.4, 0.5) is 5.69 Å². The fourth-order valence-corrected chi connectivity index (χ4v) is 5.71. The van der Waals surface area contributed by atoms with Crippen molar-refractivity contribution in [1.82, 2.24) is 4.98 Å². The van der Waals surface area contributed by atoms with Gasteiger partial charge in [0.15, 0.2) is 11.5 Å². The molecule has 7 heteroatoms. The van der Waals surface area contributed by atoms with Crippen LogP contribution in [0.15, 0.2) is 108 Å². The van der Waals surface area contributed by atoms with Gasteiger partial charge >= 0.3 is 0 Å². The molecule has 1 aromatic heterocycles. The molecular formula is C38H35N3O3S. The fourth-order valence-electron chi connectivity index (χ4n) is 4.78. The van der Waals surface area contributed by atoms with E-state index in [1.807, 2.05) is 131 Å². The number of nitrogens with zero attached hydrogens (tertiary/aromatic N) is 2. The van der Waals surface area contributed by atoms with E-state index in [2.05, 4.69) is 11.4 Å². The Hall–Kier alpha value is -5.06. The molecule has 0 saturated carbocycles. The zero-order valence-corrected chi connectivity index (χ0v) is 26.7. The number of aromatic nitrogens is 1. The molecule has 0 saturated heterocycles. The van der Waals surface area contributed by atoms with E-state index in [0.717, 1.165) is 33.5 Å². The molecule has 45 heavy (non-hydrogen) atoms. The lowest BCUT2D eigenvalue weighted by atomic mass is 9.99. The number of carbonyl (C=O) groups is 1. The number of aryl methyl sites for hydroxylation is 2. The highest BCUT2D eigenvalue weighted by molar-refractivity contribution is 8.00. The van der Waals surface area contributed by atoms with E-state index in [1.54, 1.807) is 0 Å². The Morgan fingerprint density at radius 3 is 2.29 bits per heavy atom. The molecule has 0 aliphatic rings. The van der Waals surface area contributed by atoms with Gasteiger partial charge in [-0.3, -0.25) is 4.79 Å². The van der Waals surface area contributed by atoms with Gasteiger partial charge in [0.25, 0.3) is 0 Å². The van der Waals surface area contributed by atoms with Crippen molar-refractivity contribution in [3.63, 3.8) is 0 Å². The average Bonchev–Trinajstić information content (AvgIpc) is 3.06. The van der Waals surface area contributed by atoms with Crippen molar-refractivity contribution in [1.29, 1.82) is 5.26 Å². The van der Waals surface area contributed by atoms with Gasteiger partial charge < -0.3 is 14.8 Å². The molecule has 226 valence electrons. The Labute approximate surface area is 269 Å². The molecule has 0 radical (unpaired) electrons. The van der Waals surface area contributed by atoms with Crippen LogP contribution in [0.25, 0.3) is 22.4 Å². The van der Waals surface area contributed by atoms with Gasteiger partial charge in [0.05, 0.1) is 23.1 Å². The van der Waals surface area contributed by atoms with Crippen LogP contribution < -0.4 is 14.8 Å². The molecule has 5 rings (SSSR count). The van der Waals surface area contributed by atoms with Crippen molar-refractivity contribution in [3.8, 4) is 40.0 Å². The first-order valence-electron chi connectivity index (χ1n) is 14.9. The summed E-state index contributed by atoms with van der Waals surface area (Å²) in [7, 11) is 0. The highest BCUT2D eigenvalue weighted by Crippen LogP contribution is 2.39. The number of carbonyl (C=O) groups excluding carboxylic acids is 1. The summed E-state index contributed by atoms with van der Waals surface area (Å²) in [5.41, 5.74) is 7.54. The number of hydrogen-bond acceptors (Lipinski definition) is 6. The second-order valence-corrected chi connectivity index (χ2v) is 12.0. The fraction of sp³-hybridized carbons (Fsp3) is 0.184. The van der Waals surface area contributed by atoms with E-state index in [0.29, 0.717) is 46.6 Å². The first-order valence-corrected chi connectivity index (χ1v) is 15.7. The lowest BCUT2D eigenvalue weighted by Gasteiger charge is -2.17. The summed E-state index contributed by atoms with van der Waals surface area (Å²) >= 11 is 1.27. The van der Waals surface area contributed by atoms with Crippen LogP contribution in [0.5, 0.6) is 11.5 Å². The standard InChI is InChI=1S/C38H35N3O3S/c1-5-43-36-21-30(17-19-35(36)44-24-28-12-8-6-9-13-28)32-22-34(29-14-10-7-11-15-29)41-38(33(32)23-39)45-27(4)37(42)40-31-18-16-25(2)26(3)20-31/h6-22,27H,5,24H2,1-4H3,(H,40,42)/t27-/m0/s1. The molecule has 1 heterocycles. The van der Waals surface area contributed by atoms with Crippen molar-refractivity contribution in [2.45, 2.75) is 44.6 Å². The Balaban J connectivity index is 1.51. The summed E-state index contributed by atoms with van der Waals surface area (Å²) in [6.07, 6.45) is 0. The first kappa shape index (κ1) is 31.4. The molecule has 1 amide bonds. The number of nitriles is 1. The summed E-state index contributed by atoms with van der Waals surface area (Å²) in [5, 5.41) is 13.4. The minimum atomic E-state index is -0.516. The predicted molar refractivity (Wildman–Crippen MR) is 182 cm³/mol. The normalized spacial score (nSPS) is 11.4. The van der Waals surface area contributed by atoms with Gasteiger partial charge in [0.1, 0.15) is 17.7 Å². The van der Waals surface area contributed by atoms with Crippen LogP contribution in [0.1, 0.15) is 36.1 Å². The second kappa shape index (κ2) is 14.6. The van der Waals surface area contributed by atoms with Crippen LogP contribution >= 0.6 is 11.8 Å². The highest BCUT2D eigenvalue weighted by Gasteiger charge is 2.22. The van der Waals surface area contributed by atoms with Crippen molar-refractivity contribution >= 4 is 23.4 Å². The van der Waals surface area contributed by atoms with E-state index >= 15 is 0 Å². The van der Waals surface area contributed by atoms with Crippen molar-refractivity contribution < 1.29 is 14.3 Å². The molecule has 4 aromatic carbocycles. The number of ether oxygens (including phenoxy) is 2.